The average molecular weight is 659 g/mol. The van der Waals surface area contributed by atoms with Crippen LogP contribution >= 0.6 is 0 Å². The molecule has 50 heavy (non-hydrogen) atoms. The minimum absolute atomic E-state index is 0.0243. The van der Waals surface area contributed by atoms with Gasteiger partial charge in [0.15, 0.2) is 0 Å². The summed E-state index contributed by atoms with van der Waals surface area (Å²) in [4.78, 5) is 5.09. The molecule has 0 amide bonds. The molecule has 4 aromatic carbocycles. The molecule has 0 unspecified atom stereocenters. The van der Waals surface area contributed by atoms with E-state index in [0.717, 1.165) is 6.42 Å². The van der Waals surface area contributed by atoms with E-state index >= 15 is 0 Å². The van der Waals surface area contributed by atoms with Crippen molar-refractivity contribution in [2.45, 2.75) is 111 Å². The Labute approximate surface area is 302 Å². The van der Waals surface area contributed by atoms with Crippen LogP contribution in [0.15, 0.2) is 120 Å². The highest BCUT2D eigenvalue weighted by Gasteiger charge is 2.45. The molecular weight excluding hydrogens is 603 g/mol. The third kappa shape index (κ3) is 5.87. The van der Waals surface area contributed by atoms with E-state index in [1.807, 2.05) is 0 Å². The minimum atomic E-state index is 0.0243. The van der Waals surface area contributed by atoms with Gasteiger partial charge in [-0.15, -0.1) is 0 Å². The molecule has 2 aliphatic heterocycles. The zero-order valence-electron chi connectivity index (χ0n) is 32.5. The fourth-order valence-corrected chi connectivity index (χ4v) is 7.82. The van der Waals surface area contributed by atoms with Crippen LogP contribution in [0, 0.1) is 0 Å². The lowest BCUT2D eigenvalue weighted by molar-refractivity contribution is 0.590. The predicted octanol–water partition coefficient (Wildman–Crippen LogP) is 11.4. The quantitative estimate of drug-likeness (QED) is 0.198. The van der Waals surface area contributed by atoms with Crippen molar-refractivity contribution in [2.24, 2.45) is 0 Å². The number of hydrogen-bond donors (Lipinski definition) is 0. The first-order chi connectivity index (χ1) is 23.3. The summed E-state index contributed by atoms with van der Waals surface area (Å²) >= 11 is 0. The zero-order chi connectivity index (χ0) is 36.0. The smallest absolute Gasteiger partial charge is 0.252 e. The predicted molar refractivity (Wildman–Crippen MR) is 219 cm³/mol. The number of nitrogens with zero attached hydrogens (tertiary/aromatic N) is 2. The number of allylic oxidation sites excluding steroid dienone is 4. The van der Waals surface area contributed by atoms with Gasteiger partial charge in [-0.05, 0) is 109 Å². The van der Waals surface area contributed by atoms with E-state index in [4.69, 9.17) is 0 Å². The fourth-order valence-electron chi connectivity index (χ4n) is 7.82. The van der Waals surface area contributed by atoms with E-state index in [0.29, 0.717) is 0 Å². The molecule has 2 heterocycles. The van der Waals surface area contributed by atoms with Crippen LogP contribution in [0.3, 0.4) is 0 Å². The summed E-state index contributed by atoms with van der Waals surface area (Å²) in [7, 11) is 0. The Morgan fingerprint density at radius 1 is 0.480 bits per heavy atom. The van der Waals surface area contributed by atoms with E-state index in [2.05, 4.69) is 196 Å². The Hall–Kier alpha value is -4.24. The van der Waals surface area contributed by atoms with Crippen molar-refractivity contribution in [1.82, 2.24) is 0 Å². The highest BCUT2D eigenvalue weighted by atomic mass is 15.2. The zero-order valence-corrected chi connectivity index (χ0v) is 32.5. The van der Waals surface area contributed by atoms with E-state index in [1.54, 1.807) is 0 Å². The van der Waals surface area contributed by atoms with Gasteiger partial charge in [0, 0.05) is 34.1 Å². The number of rotatable bonds is 2. The van der Waals surface area contributed by atoms with Crippen molar-refractivity contribution in [3.8, 4) is 0 Å². The van der Waals surface area contributed by atoms with Crippen LogP contribution in [0.4, 0.5) is 22.7 Å². The second kappa shape index (κ2) is 11.7. The van der Waals surface area contributed by atoms with Crippen molar-refractivity contribution < 1.29 is 0 Å². The summed E-state index contributed by atoms with van der Waals surface area (Å²) in [6.45, 7) is 27.9. The van der Waals surface area contributed by atoms with Gasteiger partial charge < -0.3 is 9.80 Å². The van der Waals surface area contributed by atoms with Gasteiger partial charge in [0.2, 0.25) is 0 Å². The first-order valence-electron chi connectivity index (χ1n) is 18.6. The number of hydrogen-bond acceptors (Lipinski definition) is 2. The molecule has 4 aromatic rings. The summed E-state index contributed by atoms with van der Waals surface area (Å²) < 4.78 is 0. The van der Waals surface area contributed by atoms with Gasteiger partial charge in [-0.2, -0.15) is 0 Å². The molecule has 0 saturated carbocycles. The standard InChI is InChI=1S/C47H55BN2/c1-44(2,3)31-17-23-35(24-18-31)49-39-27-21-33(46(7,8)9)29-37(39)48-38-30-34(47(10,11)12)22-28-40(38)50(42-16-14-13-15-41(49)43(42)48)36-25-19-32(20-26-36)45(4,5)6/h13,15-30H,14H2,1-12H3. The molecule has 0 fully saturated rings. The molecule has 0 atom stereocenters. The molecule has 3 heteroatoms. The van der Waals surface area contributed by atoms with Gasteiger partial charge in [0.05, 0.1) is 0 Å². The average Bonchev–Trinajstić information content (AvgIpc) is 3.26. The monoisotopic (exact) mass is 658 g/mol. The first kappa shape index (κ1) is 34.2. The topological polar surface area (TPSA) is 6.48 Å². The summed E-state index contributed by atoms with van der Waals surface area (Å²) in [5.41, 5.74) is 17.3. The molecule has 1 aliphatic carbocycles. The largest absolute Gasteiger partial charge is 0.312 e. The maximum absolute atomic E-state index is 2.55. The van der Waals surface area contributed by atoms with Crippen LogP contribution < -0.4 is 20.7 Å². The summed E-state index contributed by atoms with van der Waals surface area (Å²) in [6.07, 6.45) is 8.08. The molecule has 0 saturated heterocycles. The number of anilines is 4. The molecule has 0 N–H and O–H groups in total. The molecule has 7 rings (SSSR count). The van der Waals surface area contributed by atoms with Crippen LogP contribution in [0.5, 0.6) is 0 Å². The highest BCUT2D eigenvalue weighted by molar-refractivity contribution is 6.94. The van der Waals surface area contributed by atoms with Crippen molar-refractivity contribution in [1.29, 1.82) is 0 Å². The lowest BCUT2D eigenvalue weighted by atomic mass is 9.32. The maximum atomic E-state index is 2.55. The summed E-state index contributed by atoms with van der Waals surface area (Å²) in [5.74, 6) is 0. The molecule has 0 radical (unpaired) electrons. The van der Waals surface area contributed by atoms with Gasteiger partial charge in [0.25, 0.3) is 6.71 Å². The molecular formula is C47H55BN2. The number of fused-ring (bicyclic) bond motifs is 4. The Morgan fingerprint density at radius 2 is 0.880 bits per heavy atom. The van der Waals surface area contributed by atoms with E-state index in [-0.39, 0.29) is 28.4 Å². The Morgan fingerprint density at radius 3 is 1.32 bits per heavy atom. The van der Waals surface area contributed by atoms with Crippen LogP contribution in [0.1, 0.15) is 112 Å². The van der Waals surface area contributed by atoms with Gasteiger partial charge in [-0.25, -0.2) is 0 Å². The third-order valence-electron chi connectivity index (χ3n) is 10.9. The number of benzene rings is 4. The van der Waals surface area contributed by atoms with Crippen molar-refractivity contribution in [2.75, 3.05) is 9.80 Å². The summed E-state index contributed by atoms with van der Waals surface area (Å²) in [5, 5.41) is 0. The van der Waals surface area contributed by atoms with Crippen LogP contribution in [-0.4, -0.2) is 6.71 Å². The van der Waals surface area contributed by atoms with Gasteiger partial charge >= 0.3 is 0 Å². The SMILES string of the molecule is CC(C)(C)c1ccc(N2C3=CCC=CC4=C3B(c3cc(C(C)(C)C)ccc32)c2cc(C(C)(C)C)ccc2N4c2ccc(C(C)(C)C)cc2)cc1. The lowest BCUT2D eigenvalue weighted by Gasteiger charge is -2.46. The lowest BCUT2D eigenvalue weighted by Crippen LogP contribution is -2.56. The van der Waals surface area contributed by atoms with E-state index in [9.17, 15) is 0 Å². The van der Waals surface area contributed by atoms with Gasteiger partial charge in [-0.1, -0.05) is 144 Å². The Kier molecular flexibility index (Phi) is 7.98. The Bertz CT molecular complexity index is 2050. The molecule has 0 bridgehead atoms. The molecule has 0 spiro atoms. The highest BCUT2D eigenvalue weighted by Crippen LogP contribution is 2.47. The van der Waals surface area contributed by atoms with Gasteiger partial charge in [0.1, 0.15) is 0 Å². The second-order valence-corrected chi connectivity index (χ2v) is 18.8. The van der Waals surface area contributed by atoms with Crippen molar-refractivity contribution in [3.05, 3.63) is 142 Å². The second-order valence-electron chi connectivity index (χ2n) is 18.8. The fraction of sp³-hybridized carbons (Fsp3) is 0.362. The van der Waals surface area contributed by atoms with Crippen molar-refractivity contribution >= 4 is 40.4 Å². The van der Waals surface area contributed by atoms with Crippen LogP contribution in [-0.2, 0) is 21.7 Å². The molecule has 256 valence electrons. The van der Waals surface area contributed by atoms with Crippen LogP contribution in [0.25, 0.3) is 0 Å². The van der Waals surface area contributed by atoms with Gasteiger partial charge in [-0.3, -0.25) is 0 Å². The van der Waals surface area contributed by atoms with Crippen molar-refractivity contribution in [3.63, 3.8) is 0 Å². The minimum Gasteiger partial charge on any atom is -0.312 e. The first-order valence-corrected chi connectivity index (χ1v) is 18.6. The maximum Gasteiger partial charge on any atom is 0.252 e. The summed E-state index contributed by atoms with van der Waals surface area (Å²) in [6, 6.07) is 33.2. The Balaban J connectivity index is 1.56. The van der Waals surface area contributed by atoms with Crippen LogP contribution in [0.2, 0.25) is 0 Å². The third-order valence-corrected chi connectivity index (χ3v) is 10.9. The van der Waals surface area contributed by atoms with E-state index < -0.39 is 0 Å². The normalized spacial score (nSPS) is 16.2. The van der Waals surface area contributed by atoms with E-state index in [1.165, 1.54) is 72.8 Å². The molecule has 0 aromatic heterocycles. The molecule has 2 nitrogen and oxygen atoms in total. The molecule has 3 aliphatic rings.